The number of benzene rings is 3. The monoisotopic (exact) mass is 495 g/mol. The number of aryl methyl sites for hydroxylation is 1. The second-order valence-electron chi connectivity index (χ2n) is 8.95. The highest BCUT2D eigenvalue weighted by molar-refractivity contribution is 6.08. The zero-order valence-corrected chi connectivity index (χ0v) is 20.7. The van der Waals surface area contributed by atoms with Crippen molar-refractivity contribution in [3.05, 3.63) is 96.2 Å². The van der Waals surface area contributed by atoms with E-state index in [2.05, 4.69) is 15.5 Å². The molecule has 1 aromatic heterocycles. The largest absolute Gasteiger partial charge is 0.379 e. The van der Waals surface area contributed by atoms with Gasteiger partial charge in [-0.3, -0.25) is 14.5 Å². The first-order valence-corrected chi connectivity index (χ1v) is 12.3. The van der Waals surface area contributed by atoms with Gasteiger partial charge in [0.05, 0.1) is 31.0 Å². The van der Waals surface area contributed by atoms with E-state index in [1.807, 2.05) is 61.5 Å². The molecule has 2 N–H and O–H groups in total. The smallest absolute Gasteiger partial charge is 0.259 e. The van der Waals surface area contributed by atoms with Crippen LogP contribution in [0.4, 0.5) is 11.4 Å². The van der Waals surface area contributed by atoms with Crippen molar-refractivity contribution in [1.82, 2.24) is 14.7 Å². The third-order valence-corrected chi connectivity index (χ3v) is 6.28. The number of nitrogens with zero attached hydrogens (tertiary/aromatic N) is 3. The van der Waals surface area contributed by atoms with Crippen LogP contribution in [0.3, 0.4) is 0 Å². The summed E-state index contributed by atoms with van der Waals surface area (Å²) in [6.45, 7) is 5.14. The number of aromatic nitrogens is 2. The Kier molecular flexibility index (Phi) is 7.39. The van der Waals surface area contributed by atoms with E-state index in [-0.39, 0.29) is 11.8 Å². The van der Waals surface area contributed by atoms with Crippen molar-refractivity contribution in [1.29, 1.82) is 0 Å². The number of hydrogen-bond donors (Lipinski definition) is 2. The third-order valence-electron chi connectivity index (χ3n) is 6.28. The van der Waals surface area contributed by atoms with Crippen molar-refractivity contribution in [2.24, 2.45) is 0 Å². The lowest BCUT2D eigenvalue weighted by Crippen LogP contribution is -2.41. The van der Waals surface area contributed by atoms with Crippen LogP contribution in [0.15, 0.2) is 85.1 Å². The molecule has 3 aromatic carbocycles. The van der Waals surface area contributed by atoms with E-state index in [0.717, 1.165) is 29.9 Å². The lowest BCUT2D eigenvalue weighted by molar-refractivity contribution is -0.118. The van der Waals surface area contributed by atoms with Crippen molar-refractivity contribution in [2.75, 3.05) is 43.5 Å². The molecule has 2 heterocycles. The van der Waals surface area contributed by atoms with Gasteiger partial charge in [-0.1, -0.05) is 42.5 Å². The van der Waals surface area contributed by atoms with E-state index in [9.17, 15) is 9.59 Å². The molecule has 1 aliphatic heterocycles. The van der Waals surface area contributed by atoms with E-state index in [0.29, 0.717) is 42.4 Å². The molecule has 8 heteroatoms. The van der Waals surface area contributed by atoms with E-state index < -0.39 is 0 Å². The molecule has 188 valence electrons. The van der Waals surface area contributed by atoms with Crippen molar-refractivity contribution in [3.63, 3.8) is 0 Å². The van der Waals surface area contributed by atoms with Crippen molar-refractivity contribution < 1.29 is 14.3 Å². The number of hydrogen-bond acceptors (Lipinski definition) is 5. The molecule has 0 bridgehead atoms. The lowest BCUT2D eigenvalue weighted by Gasteiger charge is -2.25. The van der Waals surface area contributed by atoms with Gasteiger partial charge in [0.25, 0.3) is 5.91 Å². The standard InChI is InChI=1S/C29H29N5O3/c1-21-7-5-6-10-25(21)28-26(19-34(32-28)24-8-3-2-4-9-24)29(36)31-23-13-11-22(12-14-23)30-27(35)20-33-15-17-37-18-16-33/h2-14,19H,15-18,20H2,1H3,(H,30,35)(H,31,36). The Morgan fingerprint density at radius 2 is 1.51 bits per heavy atom. The molecule has 37 heavy (non-hydrogen) atoms. The maximum Gasteiger partial charge on any atom is 0.259 e. The van der Waals surface area contributed by atoms with Gasteiger partial charge in [-0.05, 0) is 48.9 Å². The van der Waals surface area contributed by atoms with Gasteiger partial charge >= 0.3 is 0 Å². The first-order chi connectivity index (χ1) is 18.1. The molecule has 8 nitrogen and oxygen atoms in total. The van der Waals surface area contributed by atoms with Crippen LogP contribution in [0.25, 0.3) is 16.9 Å². The number of morpholine rings is 1. The van der Waals surface area contributed by atoms with E-state index in [4.69, 9.17) is 9.84 Å². The number of nitrogens with one attached hydrogen (secondary N) is 2. The molecule has 0 unspecified atom stereocenters. The summed E-state index contributed by atoms with van der Waals surface area (Å²) in [5.74, 6) is -0.334. The second-order valence-corrected chi connectivity index (χ2v) is 8.95. The average molecular weight is 496 g/mol. The number of carbonyl (C=O) groups is 2. The van der Waals surface area contributed by atoms with E-state index in [1.54, 1.807) is 35.1 Å². The number of rotatable bonds is 7. The van der Waals surface area contributed by atoms with Crippen LogP contribution < -0.4 is 10.6 Å². The van der Waals surface area contributed by atoms with Gasteiger partial charge < -0.3 is 15.4 Å². The summed E-state index contributed by atoms with van der Waals surface area (Å²) in [4.78, 5) is 27.8. The Hall–Kier alpha value is -4.27. The Morgan fingerprint density at radius 3 is 2.22 bits per heavy atom. The Morgan fingerprint density at radius 1 is 0.865 bits per heavy atom. The highest BCUT2D eigenvalue weighted by atomic mass is 16.5. The summed E-state index contributed by atoms with van der Waals surface area (Å²) in [5.41, 5.74) is 5.20. The summed E-state index contributed by atoms with van der Waals surface area (Å²) < 4.78 is 7.05. The molecular weight excluding hydrogens is 466 g/mol. The Labute approximate surface area is 215 Å². The second kappa shape index (κ2) is 11.2. The van der Waals surface area contributed by atoms with Gasteiger partial charge in [0, 0.05) is 36.2 Å². The molecule has 0 atom stereocenters. The minimum absolute atomic E-state index is 0.0742. The van der Waals surface area contributed by atoms with Gasteiger partial charge in [0.2, 0.25) is 5.91 Å². The Balaban J connectivity index is 1.32. The first-order valence-electron chi connectivity index (χ1n) is 12.3. The fraction of sp³-hybridized carbons (Fsp3) is 0.207. The van der Waals surface area contributed by atoms with E-state index in [1.165, 1.54) is 0 Å². The quantitative estimate of drug-likeness (QED) is 0.398. The molecular formula is C29H29N5O3. The lowest BCUT2D eigenvalue weighted by atomic mass is 10.0. The number of anilines is 2. The summed E-state index contributed by atoms with van der Waals surface area (Å²) >= 11 is 0. The molecule has 0 spiro atoms. The number of carbonyl (C=O) groups excluding carboxylic acids is 2. The highest BCUT2D eigenvalue weighted by Gasteiger charge is 2.20. The van der Waals surface area contributed by atoms with Crippen molar-refractivity contribution in [2.45, 2.75) is 6.92 Å². The number of para-hydroxylation sites is 1. The molecule has 4 aromatic rings. The van der Waals surface area contributed by atoms with Crippen LogP contribution in [0.5, 0.6) is 0 Å². The fourth-order valence-electron chi connectivity index (χ4n) is 4.29. The minimum Gasteiger partial charge on any atom is -0.379 e. The molecule has 1 aliphatic rings. The van der Waals surface area contributed by atoms with Crippen LogP contribution in [0, 0.1) is 6.92 Å². The highest BCUT2D eigenvalue weighted by Crippen LogP contribution is 2.27. The van der Waals surface area contributed by atoms with Gasteiger partial charge in [-0.2, -0.15) is 5.10 Å². The minimum atomic E-state index is -0.260. The maximum atomic E-state index is 13.4. The molecule has 1 fully saturated rings. The normalized spacial score (nSPS) is 13.8. The first kappa shape index (κ1) is 24.4. The predicted molar refractivity (Wildman–Crippen MR) is 144 cm³/mol. The van der Waals surface area contributed by atoms with Crippen LogP contribution in [0.1, 0.15) is 15.9 Å². The summed E-state index contributed by atoms with van der Waals surface area (Å²) in [7, 11) is 0. The number of ether oxygens (including phenoxy) is 1. The van der Waals surface area contributed by atoms with Crippen LogP contribution in [-0.4, -0.2) is 59.3 Å². The van der Waals surface area contributed by atoms with Crippen LogP contribution in [-0.2, 0) is 9.53 Å². The predicted octanol–water partition coefficient (Wildman–Crippen LogP) is 4.37. The maximum absolute atomic E-state index is 13.4. The average Bonchev–Trinajstić information content (AvgIpc) is 3.37. The van der Waals surface area contributed by atoms with Gasteiger partial charge in [0.1, 0.15) is 5.69 Å². The molecule has 0 aliphatic carbocycles. The Bertz CT molecular complexity index is 1380. The summed E-state index contributed by atoms with van der Waals surface area (Å²) in [6, 6.07) is 24.7. The van der Waals surface area contributed by atoms with E-state index >= 15 is 0 Å². The number of amides is 2. The van der Waals surface area contributed by atoms with Crippen LogP contribution >= 0.6 is 0 Å². The summed E-state index contributed by atoms with van der Waals surface area (Å²) in [6.07, 6.45) is 1.76. The van der Waals surface area contributed by atoms with Crippen molar-refractivity contribution >= 4 is 23.2 Å². The van der Waals surface area contributed by atoms with Crippen molar-refractivity contribution in [3.8, 4) is 16.9 Å². The zero-order valence-electron chi connectivity index (χ0n) is 20.7. The van der Waals surface area contributed by atoms with Crippen LogP contribution in [0.2, 0.25) is 0 Å². The third kappa shape index (κ3) is 5.94. The molecule has 1 saturated heterocycles. The molecule has 0 saturated carbocycles. The SMILES string of the molecule is Cc1ccccc1-c1nn(-c2ccccc2)cc1C(=O)Nc1ccc(NC(=O)CN2CCOCC2)cc1. The van der Waals surface area contributed by atoms with Gasteiger partial charge in [-0.15, -0.1) is 0 Å². The summed E-state index contributed by atoms with van der Waals surface area (Å²) in [5, 5.41) is 10.6. The fourth-order valence-corrected chi connectivity index (χ4v) is 4.29. The molecule has 0 radical (unpaired) electrons. The molecule has 5 rings (SSSR count). The molecule has 2 amide bonds. The topological polar surface area (TPSA) is 88.5 Å². The van der Waals surface area contributed by atoms with Gasteiger partial charge in [-0.25, -0.2) is 4.68 Å². The van der Waals surface area contributed by atoms with Gasteiger partial charge in [0.15, 0.2) is 0 Å². The zero-order chi connectivity index (χ0) is 25.6.